The molecule has 0 aliphatic carbocycles. The zero-order valence-electron chi connectivity index (χ0n) is 9.44. The van der Waals surface area contributed by atoms with E-state index in [-0.39, 0.29) is 0 Å². The van der Waals surface area contributed by atoms with Crippen LogP contribution in [0.2, 0.25) is 0 Å². The number of hydrogen-bond acceptors (Lipinski definition) is 1. The monoisotopic (exact) mass is 167 g/mol. The van der Waals surface area contributed by atoms with E-state index in [4.69, 9.17) is 0 Å². The van der Waals surface area contributed by atoms with Crippen molar-refractivity contribution in [3.8, 4) is 0 Å². The van der Waals surface area contributed by atoms with Gasteiger partial charge in [0.25, 0.3) is 0 Å². The van der Waals surface area contributed by atoms with Gasteiger partial charge in [0.15, 0.2) is 7.98 Å². The van der Waals surface area contributed by atoms with Crippen molar-refractivity contribution in [1.29, 1.82) is 0 Å². The van der Waals surface area contributed by atoms with E-state index in [9.17, 15) is 0 Å². The summed E-state index contributed by atoms with van der Waals surface area (Å²) in [5.74, 6) is 0.867. The summed E-state index contributed by atoms with van der Waals surface area (Å²) in [7, 11) is 2.26. The maximum Gasteiger partial charge on any atom is 0.186 e. The molecule has 1 nitrogen and oxygen atoms in total. The molecule has 0 spiro atoms. The second kappa shape index (κ2) is 2.76. The number of nitrogens with zero attached hydrogens (tertiary/aromatic N) is 1. The van der Waals surface area contributed by atoms with Crippen molar-refractivity contribution in [2.45, 2.75) is 58.5 Å². The van der Waals surface area contributed by atoms with E-state index in [2.05, 4.69) is 47.4 Å². The van der Waals surface area contributed by atoms with Gasteiger partial charge in [-0.2, -0.15) is 0 Å². The van der Waals surface area contributed by atoms with Crippen LogP contribution >= 0.6 is 0 Å². The molecule has 0 N–H and O–H groups in total. The molecule has 1 rings (SSSR count). The normalized spacial score (nSPS) is 30.4. The fraction of sp³-hybridized carbons (Fsp3) is 1.00. The van der Waals surface area contributed by atoms with Crippen LogP contribution in [0, 0.1) is 5.92 Å². The summed E-state index contributed by atoms with van der Waals surface area (Å²) in [5.41, 5.74) is 0.752. The molecule has 0 bridgehead atoms. The van der Waals surface area contributed by atoms with Crippen LogP contribution in [-0.4, -0.2) is 23.9 Å². The number of rotatable bonds is 0. The summed E-state index contributed by atoms with van der Waals surface area (Å²) in [6, 6.07) is 0. The highest BCUT2D eigenvalue weighted by atomic mass is 15.2. The lowest BCUT2D eigenvalue weighted by atomic mass is 9.72. The van der Waals surface area contributed by atoms with Crippen molar-refractivity contribution in [3.05, 3.63) is 0 Å². The first-order chi connectivity index (χ1) is 5.26. The van der Waals surface area contributed by atoms with Crippen LogP contribution in [0.4, 0.5) is 0 Å². The van der Waals surface area contributed by atoms with Gasteiger partial charge < -0.3 is 4.81 Å². The highest BCUT2D eigenvalue weighted by molar-refractivity contribution is 6.05. The van der Waals surface area contributed by atoms with Gasteiger partial charge in [-0.25, -0.2) is 0 Å². The molecular weight excluding hydrogens is 145 g/mol. The Kier molecular flexibility index (Phi) is 2.33. The molecule has 0 aromatic carbocycles. The van der Waals surface area contributed by atoms with Crippen molar-refractivity contribution in [1.82, 2.24) is 4.81 Å². The van der Waals surface area contributed by atoms with Gasteiger partial charge >= 0.3 is 0 Å². The Labute approximate surface area is 78.0 Å². The maximum atomic E-state index is 2.53. The standard InChI is InChI=1S/C10H22BN/c1-8-6-9(2,3)12(11)10(4,5)7-8/h8H,6-7,11H2,1-5H3. The van der Waals surface area contributed by atoms with Crippen molar-refractivity contribution >= 4 is 7.98 Å². The predicted molar refractivity (Wildman–Crippen MR) is 56.9 cm³/mol. The summed E-state index contributed by atoms with van der Waals surface area (Å²) < 4.78 is 0. The van der Waals surface area contributed by atoms with Gasteiger partial charge in [-0.1, -0.05) is 6.92 Å². The SMILES string of the molecule is BN1C(C)(C)CC(C)CC1(C)C. The molecule has 0 aromatic heterocycles. The Morgan fingerprint density at radius 3 is 1.75 bits per heavy atom. The van der Waals surface area contributed by atoms with Crippen molar-refractivity contribution in [2.75, 3.05) is 0 Å². The molecule has 1 aliphatic heterocycles. The van der Waals surface area contributed by atoms with Crippen molar-refractivity contribution < 1.29 is 0 Å². The zero-order chi connectivity index (χ0) is 9.57. The Morgan fingerprint density at radius 2 is 1.42 bits per heavy atom. The lowest BCUT2D eigenvalue weighted by Crippen LogP contribution is -2.58. The van der Waals surface area contributed by atoms with Gasteiger partial charge in [-0.05, 0) is 46.5 Å². The Balaban J connectivity index is 2.84. The smallest absolute Gasteiger partial charge is 0.186 e. The van der Waals surface area contributed by atoms with Crippen LogP contribution < -0.4 is 0 Å². The first-order valence-corrected chi connectivity index (χ1v) is 5.00. The van der Waals surface area contributed by atoms with E-state index in [0.29, 0.717) is 11.1 Å². The van der Waals surface area contributed by atoms with Crippen molar-refractivity contribution in [3.63, 3.8) is 0 Å². The number of hydrogen-bond donors (Lipinski definition) is 0. The minimum Gasteiger partial charge on any atom is -0.339 e. The van der Waals surface area contributed by atoms with Gasteiger partial charge in [0, 0.05) is 11.1 Å². The highest BCUT2D eigenvalue weighted by Gasteiger charge is 2.40. The van der Waals surface area contributed by atoms with E-state index in [1.165, 1.54) is 12.8 Å². The Bertz CT molecular complexity index is 157. The van der Waals surface area contributed by atoms with Gasteiger partial charge in [-0.3, -0.25) is 0 Å². The second-order valence-electron chi connectivity index (χ2n) is 5.70. The van der Waals surface area contributed by atoms with Crippen molar-refractivity contribution in [2.24, 2.45) is 5.92 Å². The molecule has 70 valence electrons. The molecule has 0 unspecified atom stereocenters. The third kappa shape index (κ3) is 1.68. The molecular formula is C10H22BN. The fourth-order valence-corrected chi connectivity index (χ4v) is 2.87. The van der Waals surface area contributed by atoms with E-state index in [1.807, 2.05) is 0 Å². The molecule has 0 amide bonds. The molecule has 1 aliphatic rings. The van der Waals surface area contributed by atoms with Crippen LogP contribution in [0.25, 0.3) is 0 Å². The van der Waals surface area contributed by atoms with Crippen LogP contribution in [0.5, 0.6) is 0 Å². The summed E-state index contributed by atoms with van der Waals surface area (Å²) >= 11 is 0. The molecule has 12 heavy (non-hydrogen) atoms. The molecule has 1 heterocycles. The van der Waals surface area contributed by atoms with Gasteiger partial charge in [0.05, 0.1) is 0 Å². The summed E-state index contributed by atoms with van der Waals surface area (Å²) in [5, 5.41) is 0. The van der Waals surface area contributed by atoms with Gasteiger partial charge in [0.2, 0.25) is 0 Å². The molecule has 0 aromatic rings. The highest BCUT2D eigenvalue weighted by Crippen LogP contribution is 2.39. The summed E-state index contributed by atoms with van der Waals surface area (Å²) in [6.07, 6.45) is 2.65. The zero-order valence-corrected chi connectivity index (χ0v) is 9.44. The molecule has 0 atom stereocenters. The third-order valence-corrected chi connectivity index (χ3v) is 3.51. The Morgan fingerprint density at radius 1 is 1.08 bits per heavy atom. The van der Waals surface area contributed by atoms with Gasteiger partial charge in [-0.15, -0.1) is 0 Å². The Hall–Kier alpha value is 0.0249. The van der Waals surface area contributed by atoms with E-state index in [0.717, 1.165) is 5.92 Å². The fourth-order valence-electron chi connectivity index (χ4n) is 2.87. The van der Waals surface area contributed by atoms with E-state index < -0.39 is 0 Å². The molecule has 0 radical (unpaired) electrons. The second-order valence-corrected chi connectivity index (χ2v) is 5.70. The maximum absolute atomic E-state index is 2.53. The van der Waals surface area contributed by atoms with Crippen LogP contribution in [0.1, 0.15) is 47.5 Å². The summed E-state index contributed by atoms with van der Waals surface area (Å²) in [4.78, 5) is 2.53. The lowest BCUT2D eigenvalue weighted by molar-refractivity contribution is 0.0280. The molecule has 1 saturated heterocycles. The van der Waals surface area contributed by atoms with Crippen LogP contribution in [0.15, 0.2) is 0 Å². The molecule has 0 saturated carbocycles. The minimum absolute atomic E-state index is 0.376. The average molecular weight is 167 g/mol. The first kappa shape index (κ1) is 10.1. The van der Waals surface area contributed by atoms with Crippen LogP contribution in [-0.2, 0) is 0 Å². The van der Waals surface area contributed by atoms with Crippen LogP contribution in [0.3, 0.4) is 0 Å². The minimum atomic E-state index is 0.376. The first-order valence-electron chi connectivity index (χ1n) is 5.00. The number of piperidine rings is 1. The molecule has 2 heteroatoms. The topological polar surface area (TPSA) is 3.24 Å². The predicted octanol–water partition coefficient (Wildman–Crippen LogP) is 1.82. The lowest BCUT2D eigenvalue weighted by Gasteiger charge is -2.54. The van der Waals surface area contributed by atoms with Gasteiger partial charge in [0.1, 0.15) is 0 Å². The molecule has 1 fully saturated rings. The quantitative estimate of drug-likeness (QED) is 0.497. The summed E-state index contributed by atoms with van der Waals surface area (Å²) in [6.45, 7) is 11.8. The third-order valence-electron chi connectivity index (χ3n) is 3.51. The average Bonchev–Trinajstić information content (AvgIpc) is 1.80. The van der Waals surface area contributed by atoms with E-state index in [1.54, 1.807) is 0 Å². The van der Waals surface area contributed by atoms with E-state index >= 15 is 0 Å². The largest absolute Gasteiger partial charge is 0.339 e.